The van der Waals surface area contributed by atoms with Crippen LogP contribution in [0.25, 0.3) is 0 Å². The van der Waals surface area contributed by atoms with Crippen molar-refractivity contribution in [1.29, 1.82) is 0 Å². The van der Waals surface area contributed by atoms with Crippen molar-refractivity contribution in [2.75, 3.05) is 45.3 Å². The van der Waals surface area contributed by atoms with E-state index < -0.39 is 11.5 Å². The molecule has 0 N–H and O–H groups in total. The third-order valence-corrected chi connectivity index (χ3v) is 6.50. The molecule has 0 bridgehead atoms. The Bertz CT molecular complexity index is 787. The highest BCUT2D eigenvalue weighted by atomic mass is 32.2. The maximum atomic E-state index is 13.0. The first-order valence-electron chi connectivity index (χ1n) is 11.4. The van der Waals surface area contributed by atoms with Gasteiger partial charge in [0.15, 0.2) is 5.78 Å². The number of benzene rings is 1. The Balaban J connectivity index is 1.63. The number of esters is 2. The number of nitrogens with zero attached hydrogens (tertiary/aromatic N) is 1. The molecule has 1 fully saturated rings. The molecule has 0 radical (unpaired) electrons. The van der Waals surface area contributed by atoms with Gasteiger partial charge in [0.05, 0.1) is 25.4 Å². The molecule has 7 nitrogen and oxygen atoms in total. The number of ketones is 1. The maximum absolute atomic E-state index is 13.0. The first-order chi connectivity index (χ1) is 15.8. The number of rotatable bonds is 14. The molecule has 1 aliphatic heterocycles. The van der Waals surface area contributed by atoms with Crippen LogP contribution in [-0.2, 0) is 23.8 Å². The zero-order chi connectivity index (χ0) is 24.1. The summed E-state index contributed by atoms with van der Waals surface area (Å²) >= 11 is 1.59. The summed E-state index contributed by atoms with van der Waals surface area (Å²) in [5.41, 5.74) is 0.129. The molecule has 8 heteroatoms. The molecule has 1 aromatic carbocycles. The van der Waals surface area contributed by atoms with E-state index in [1.807, 2.05) is 38.1 Å². The monoisotopic (exact) mass is 477 g/mol. The number of carbonyl (C=O) groups is 3. The normalized spacial score (nSPS) is 14.5. The highest BCUT2D eigenvalue weighted by Gasteiger charge is 2.35. The number of thioether (sulfide) groups is 1. The van der Waals surface area contributed by atoms with E-state index >= 15 is 0 Å². The van der Waals surface area contributed by atoms with E-state index in [1.54, 1.807) is 11.8 Å². The Morgan fingerprint density at radius 2 is 1.76 bits per heavy atom. The van der Waals surface area contributed by atoms with Crippen LogP contribution in [0.2, 0.25) is 0 Å². The molecule has 0 saturated carbocycles. The topological polar surface area (TPSA) is 82.1 Å². The quantitative estimate of drug-likeness (QED) is 0.131. The van der Waals surface area contributed by atoms with Crippen molar-refractivity contribution in [3.05, 3.63) is 42.5 Å². The van der Waals surface area contributed by atoms with E-state index in [-0.39, 0.29) is 11.8 Å². The van der Waals surface area contributed by atoms with Crippen molar-refractivity contribution in [3.8, 4) is 0 Å². The van der Waals surface area contributed by atoms with Crippen LogP contribution in [0.4, 0.5) is 0 Å². The second kappa shape index (κ2) is 14.2. The lowest BCUT2D eigenvalue weighted by Crippen LogP contribution is -2.54. The lowest BCUT2D eigenvalue weighted by molar-refractivity contribution is -0.143. The van der Waals surface area contributed by atoms with E-state index in [0.29, 0.717) is 57.0 Å². The van der Waals surface area contributed by atoms with Crippen LogP contribution < -0.4 is 0 Å². The SMILES string of the molecule is C=CC(=O)OCCCCCC(=O)OCCSc1ccc(C(=O)C(C)(C)N2CCOCC2)cc1. The van der Waals surface area contributed by atoms with Gasteiger partial charge in [0.1, 0.15) is 6.61 Å². The van der Waals surface area contributed by atoms with Gasteiger partial charge in [0, 0.05) is 41.8 Å². The van der Waals surface area contributed by atoms with Crippen LogP contribution in [0.1, 0.15) is 49.9 Å². The molecule has 1 aromatic rings. The third-order valence-electron chi connectivity index (χ3n) is 5.53. The first kappa shape index (κ1) is 27.1. The maximum Gasteiger partial charge on any atom is 0.330 e. The minimum Gasteiger partial charge on any atom is -0.465 e. The Kier molecular flexibility index (Phi) is 11.6. The van der Waals surface area contributed by atoms with Gasteiger partial charge in [0.2, 0.25) is 0 Å². The van der Waals surface area contributed by atoms with Crippen LogP contribution in [0.3, 0.4) is 0 Å². The average Bonchev–Trinajstić information content (AvgIpc) is 2.84. The molecule has 33 heavy (non-hydrogen) atoms. The molecule has 182 valence electrons. The summed E-state index contributed by atoms with van der Waals surface area (Å²) in [6.45, 7) is 10.8. The summed E-state index contributed by atoms with van der Waals surface area (Å²) in [6.07, 6.45) is 3.70. The second-order valence-electron chi connectivity index (χ2n) is 8.26. The van der Waals surface area contributed by atoms with E-state index in [4.69, 9.17) is 14.2 Å². The van der Waals surface area contributed by atoms with Gasteiger partial charge in [0.25, 0.3) is 0 Å². The average molecular weight is 478 g/mol. The standard InChI is InChI=1S/C25H35NO6S/c1-4-22(27)31-15-7-5-6-8-23(28)32-18-19-33-21-11-9-20(10-12-21)24(29)25(2,3)26-13-16-30-17-14-26/h4,9-12H,1,5-8,13-19H2,2-3H3. The summed E-state index contributed by atoms with van der Waals surface area (Å²) in [4.78, 5) is 38.9. The van der Waals surface area contributed by atoms with Crippen LogP contribution in [0.15, 0.2) is 41.8 Å². The molecule has 0 spiro atoms. The molecule has 0 amide bonds. The predicted molar refractivity (Wildman–Crippen MR) is 129 cm³/mol. The van der Waals surface area contributed by atoms with Crippen LogP contribution in [-0.4, -0.2) is 73.4 Å². The highest BCUT2D eigenvalue weighted by molar-refractivity contribution is 7.99. The molecule has 1 saturated heterocycles. The number of hydrogen-bond acceptors (Lipinski definition) is 8. The van der Waals surface area contributed by atoms with Crippen molar-refractivity contribution < 1.29 is 28.6 Å². The van der Waals surface area contributed by atoms with Crippen LogP contribution in [0, 0.1) is 0 Å². The van der Waals surface area contributed by atoms with Crippen LogP contribution in [0.5, 0.6) is 0 Å². The number of hydrogen-bond donors (Lipinski definition) is 0. The largest absolute Gasteiger partial charge is 0.465 e. The fourth-order valence-electron chi connectivity index (χ4n) is 3.49. The van der Waals surface area contributed by atoms with Gasteiger partial charge in [-0.25, -0.2) is 4.79 Å². The minimum absolute atomic E-state index is 0.105. The van der Waals surface area contributed by atoms with Crippen molar-refractivity contribution in [2.24, 2.45) is 0 Å². The Morgan fingerprint density at radius 3 is 2.42 bits per heavy atom. The molecule has 1 aliphatic rings. The molecule has 0 unspecified atom stereocenters. The number of carbonyl (C=O) groups excluding carboxylic acids is 3. The molecular weight excluding hydrogens is 442 g/mol. The van der Waals surface area contributed by atoms with Gasteiger partial charge in [-0.3, -0.25) is 14.5 Å². The summed E-state index contributed by atoms with van der Waals surface area (Å²) < 4.78 is 15.6. The van der Waals surface area contributed by atoms with E-state index in [2.05, 4.69) is 11.5 Å². The van der Waals surface area contributed by atoms with Gasteiger partial charge in [-0.15, -0.1) is 11.8 Å². The fourth-order valence-corrected chi connectivity index (χ4v) is 4.22. The van der Waals surface area contributed by atoms with Gasteiger partial charge >= 0.3 is 11.9 Å². The second-order valence-corrected chi connectivity index (χ2v) is 9.43. The van der Waals surface area contributed by atoms with Crippen molar-refractivity contribution in [3.63, 3.8) is 0 Å². The molecule has 0 atom stereocenters. The van der Waals surface area contributed by atoms with Gasteiger partial charge < -0.3 is 14.2 Å². The first-order valence-corrected chi connectivity index (χ1v) is 12.4. The number of unbranched alkanes of at least 4 members (excludes halogenated alkanes) is 2. The zero-order valence-corrected chi connectivity index (χ0v) is 20.5. The Labute approximate surface area is 200 Å². The molecule has 0 aromatic heterocycles. The lowest BCUT2D eigenvalue weighted by atomic mass is 9.91. The lowest BCUT2D eigenvalue weighted by Gasteiger charge is -2.39. The minimum atomic E-state index is -0.567. The predicted octanol–water partition coefficient (Wildman–Crippen LogP) is 3.91. The number of morpholine rings is 1. The van der Waals surface area contributed by atoms with Crippen molar-refractivity contribution >= 4 is 29.5 Å². The van der Waals surface area contributed by atoms with Crippen LogP contribution >= 0.6 is 11.8 Å². The molecular formula is C25H35NO6S. The number of ether oxygens (including phenoxy) is 3. The van der Waals surface area contributed by atoms with E-state index in [9.17, 15) is 14.4 Å². The third kappa shape index (κ3) is 9.31. The van der Waals surface area contributed by atoms with Crippen molar-refractivity contribution in [2.45, 2.75) is 50.0 Å². The van der Waals surface area contributed by atoms with Gasteiger partial charge in [-0.2, -0.15) is 0 Å². The summed E-state index contributed by atoms with van der Waals surface area (Å²) in [5.74, 6) is 0.110. The Morgan fingerprint density at radius 1 is 1.06 bits per heavy atom. The van der Waals surface area contributed by atoms with E-state index in [1.165, 1.54) is 0 Å². The number of Topliss-reactive ketones (excluding diaryl/α,β-unsaturated/α-hetero) is 1. The zero-order valence-electron chi connectivity index (χ0n) is 19.7. The van der Waals surface area contributed by atoms with Gasteiger partial charge in [-0.05, 0) is 45.2 Å². The summed E-state index contributed by atoms with van der Waals surface area (Å²) in [5, 5.41) is 0. The Hall–Kier alpha value is -2.16. The molecule has 2 rings (SSSR count). The van der Waals surface area contributed by atoms with E-state index in [0.717, 1.165) is 30.5 Å². The van der Waals surface area contributed by atoms with Gasteiger partial charge in [-0.1, -0.05) is 18.7 Å². The highest BCUT2D eigenvalue weighted by Crippen LogP contribution is 2.24. The summed E-state index contributed by atoms with van der Waals surface area (Å²) in [6, 6.07) is 7.61. The molecule has 1 heterocycles. The fraction of sp³-hybridized carbons (Fsp3) is 0.560. The van der Waals surface area contributed by atoms with Crippen molar-refractivity contribution in [1.82, 2.24) is 4.90 Å². The summed E-state index contributed by atoms with van der Waals surface area (Å²) in [7, 11) is 0. The smallest absolute Gasteiger partial charge is 0.330 e. The molecule has 0 aliphatic carbocycles.